The van der Waals surface area contributed by atoms with Crippen LogP contribution in [0.5, 0.6) is 5.75 Å². The molecule has 1 aliphatic heterocycles. The van der Waals surface area contributed by atoms with Crippen molar-refractivity contribution in [3.05, 3.63) is 77.9 Å². The molecule has 2 aromatic carbocycles. The van der Waals surface area contributed by atoms with Gasteiger partial charge in [-0.2, -0.15) is 0 Å². The van der Waals surface area contributed by atoms with Gasteiger partial charge in [0.2, 0.25) is 0 Å². The average molecular weight is 399 g/mol. The Morgan fingerprint density at radius 2 is 1.69 bits per heavy atom. The van der Waals surface area contributed by atoms with Crippen molar-refractivity contribution in [1.29, 1.82) is 0 Å². The standard InChI is InChI=1S/C18H21NO2.C4H4O4/c1-2-6-15(7-3-1)12-16-8-4-5-9-18(16)21-14-17-13-19-10-11-20-17;5-3(6)1-2-4(7)8/h1-9,17,19H,10-14H2;1-2H,(H,5,6)(H,7,8). The van der Waals surface area contributed by atoms with Crippen molar-refractivity contribution >= 4 is 11.9 Å². The van der Waals surface area contributed by atoms with Crippen molar-refractivity contribution in [2.24, 2.45) is 0 Å². The Hall–Kier alpha value is -3.16. The number of rotatable bonds is 7. The highest BCUT2D eigenvalue weighted by Crippen LogP contribution is 2.21. The summed E-state index contributed by atoms with van der Waals surface area (Å²) in [6.07, 6.45) is 2.15. The SMILES string of the molecule is O=C(O)C=CC(=O)O.c1ccc(Cc2ccccc2OCC2CNCCO2)cc1. The molecular formula is C22H25NO6. The first kappa shape index (κ1) is 22.1. The van der Waals surface area contributed by atoms with Gasteiger partial charge in [-0.15, -0.1) is 0 Å². The van der Waals surface area contributed by atoms with Gasteiger partial charge in [-0.05, 0) is 17.2 Å². The molecule has 1 fully saturated rings. The fourth-order valence-corrected chi connectivity index (χ4v) is 2.66. The van der Waals surface area contributed by atoms with E-state index in [0.717, 1.165) is 31.9 Å². The second-order valence-electron chi connectivity index (χ2n) is 6.29. The molecular weight excluding hydrogens is 374 g/mol. The molecule has 0 aromatic heterocycles. The van der Waals surface area contributed by atoms with Crippen LogP contribution in [0.1, 0.15) is 11.1 Å². The van der Waals surface area contributed by atoms with Crippen molar-refractivity contribution in [3.63, 3.8) is 0 Å². The van der Waals surface area contributed by atoms with Crippen molar-refractivity contribution in [3.8, 4) is 5.75 Å². The van der Waals surface area contributed by atoms with E-state index in [1.165, 1.54) is 11.1 Å². The second kappa shape index (κ2) is 12.3. The minimum absolute atomic E-state index is 0.142. The fourth-order valence-electron chi connectivity index (χ4n) is 2.66. The van der Waals surface area contributed by atoms with Crippen molar-refractivity contribution in [2.45, 2.75) is 12.5 Å². The van der Waals surface area contributed by atoms with Gasteiger partial charge in [-0.1, -0.05) is 48.5 Å². The van der Waals surface area contributed by atoms with E-state index in [0.29, 0.717) is 18.8 Å². The summed E-state index contributed by atoms with van der Waals surface area (Å²) in [5.74, 6) is -1.56. The van der Waals surface area contributed by atoms with Crippen LogP contribution < -0.4 is 10.1 Å². The Morgan fingerprint density at radius 3 is 2.31 bits per heavy atom. The molecule has 1 atom stereocenters. The van der Waals surface area contributed by atoms with Gasteiger partial charge in [-0.25, -0.2) is 9.59 Å². The van der Waals surface area contributed by atoms with Gasteiger partial charge < -0.3 is 25.0 Å². The molecule has 0 bridgehead atoms. The van der Waals surface area contributed by atoms with Crippen LogP contribution in [-0.2, 0) is 20.7 Å². The summed E-state index contributed by atoms with van der Waals surface area (Å²) in [6, 6.07) is 18.7. The molecule has 3 N–H and O–H groups in total. The monoisotopic (exact) mass is 399 g/mol. The Kier molecular flexibility index (Phi) is 9.41. The molecule has 2 aromatic rings. The molecule has 0 amide bonds. The minimum atomic E-state index is -1.26. The van der Waals surface area contributed by atoms with E-state index in [4.69, 9.17) is 19.7 Å². The highest BCUT2D eigenvalue weighted by atomic mass is 16.5. The van der Waals surface area contributed by atoms with E-state index < -0.39 is 11.9 Å². The third-order valence-electron chi connectivity index (χ3n) is 4.01. The molecule has 29 heavy (non-hydrogen) atoms. The van der Waals surface area contributed by atoms with Gasteiger partial charge in [0.1, 0.15) is 18.5 Å². The van der Waals surface area contributed by atoms with Gasteiger partial charge in [0.05, 0.1) is 6.61 Å². The maximum absolute atomic E-state index is 9.55. The summed E-state index contributed by atoms with van der Waals surface area (Å²) < 4.78 is 11.7. The summed E-state index contributed by atoms with van der Waals surface area (Å²) >= 11 is 0. The Bertz CT molecular complexity index is 784. The van der Waals surface area contributed by atoms with E-state index in [9.17, 15) is 9.59 Å². The zero-order valence-corrected chi connectivity index (χ0v) is 16.0. The maximum Gasteiger partial charge on any atom is 0.328 e. The van der Waals surface area contributed by atoms with Crippen LogP contribution in [0.3, 0.4) is 0 Å². The van der Waals surface area contributed by atoms with Crippen LogP contribution >= 0.6 is 0 Å². The molecule has 3 rings (SSSR count). The first-order valence-corrected chi connectivity index (χ1v) is 9.25. The number of benzene rings is 2. The number of nitrogens with one attached hydrogen (secondary N) is 1. The van der Waals surface area contributed by atoms with Crippen LogP contribution in [0.25, 0.3) is 0 Å². The lowest BCUT2D eigenvalue weighted by atomic mass is 10.0. The highest BCUT2D eigenvalue weighted by molar-refractivity contribution is 5.89. The zero-order chi connectivity index (χ0) is 20.9. The van der Waals surface area contributed by atoms with Crippen molar-refractivity contribution in [1.82, 2.24) is 5.32 Å². The van der Waals surface area contributed by atoms with Crippen LogP contribution in [0, 0.1) is 0 Å². The second-order valence-corrected chi connectivity index (χ2v) is 6.29. The van der Waals surface area contributed by atoms with Crippen LogP contribution in [0.4, 0.5) is 0 Å². The van der Waals surface area contributed by atoms with Crippen molar-refractivity contribution in [2.75, 3.05) is 26.3 Å². The maximum atomic E-state index is 9.55. The molecule has 1 aliphatic rings. The van der Waals surface area contributed by atoms with Gasteiger partial charge in [0, 0.05) is 31.7 Å². The van der Waals surface area contributed by atoms with E-state index in [1.807, 2.05) is 18.2 Å². The smallest absolute Gasteiger partial charge is 0.328 e. The first-order chi connectivity index (χ1) is 14.0. The predicted molar refractivity (Wildman–Crippen MR) is 108 cm³/mol. The third-order valence-corrected chi connectivity index (χ3v) is 4.01. The van der Waals surface area contributed by atoms with Crippen LogP contribution in [0.2, 0.25) is 0 Å². The molecule has 0 aliphatic carbocycles. The van der Waals surface area contributed by atoms with E-state index in [-0.39, 0.29) is 6.10 Å². The number of ether oxygens (including phenoxy) is 2. The van der Waals surface area contributed by atoms with Crippen LogP contribution in [0.15, 0.2) is 66.7 Å². The molecule has 0 saturated carbocycles. The molecule has 0 spiro atoms. The lowest BCUT2D eigenvalue weighted by Crippen LogP contribution is -2.41. The average Bonchev–Trinajstić information content (AvgIpc) is 2.74. The minimum Gasteiger partial charge on any atom is -0.491 e. The number of hydrogen-bond donors (Lipinski definition) is 3. The topological polar surface area (TPSA) is 105 Å². The number of carboxylic acids is 2. The van der Waals surface area contributed by atoms with Crippen LogP contribution in [-0.4, -0.2) is 54.6 Å². The quantitative estimate of drug-likeness (QED) is 0.614. The fraction of sp³-hybridized carbons (Fsp3) is 0.273. The summed E-state index contributed by atoms with van der Waals surface area (Å²) in [5, 5.41) is 18.9. The zero-order valence-electron chi connectivity index (χ0n) is 16.0. The Labute approximate surface area is 169 Å². The first-order valence-electron chi connectivity index (χ1n) is 9.25. The molecule has 7 nitrogen and oxygen atoms in total. The van der Waals surface area contributed by atoms with E-state index in [1.54, 1.807) is 0 Å². The Morgan fingerprint density at radius 1 is 1.03 bits per heavy atom. The number of hydrogen-bond acceptors (Lipinski definition) is 5. The lowest BCUT2D eigenvalue weighted by molar-refractivity contribution is -0.134. The lowest BCUT2D eigenvalue weighted by Gasteiger charge is -2.24. The summed E-state index contributed by atoms with van der Waals surface area (Å²) in [5.41, 5.74) is 2.51. The molecule has 0 radical (unpaired) electrons. The van der Waals surface area contributed by atoms with Gasteiger partial charge in [0.15, 0.2) is 0 Å². The number of aliphatic carboxylic acids is 2. The molecule has 154 valence electrons. The van der Waals surface area contributed by atoms with Gasteiger partial charge in [0.25, 0.3) is 0 Å². The number of para-hydroxylation sites is 1. The van der Waals surface area contributed by atoms with Gasteiger partial charge >= 0.3 is 11.9 Å². The summed E-state index contributed by atoms with van der Waals surface area (Å²) in [6.45, 7) is 3.15. The molecule has 1 heterocycles. The number of morpholine rings is 1. The Balaban J connectivity index is 0.000000321. The normalized spacial score (nSPS) is 15.9. The molecule has 1 saturated heterocycles. The van der Waals surface area contributed by atoms with E-state index in [2.05, 4.69) is 41.7 Å². The van der Waals surface area contributed by atoms with E-state index >= 15 is 0 Å². The number of carbonyl (C=O) groups is 2. The molecule has 1 unspecified atom stereocenters. The van der Waals surface area contributed by atoms with Gasteiger partial charge in [-0.3, -0.25) is 0 Å². The number of carboxylic acid groups (broad SMARTS) is 2. The summed E-state index contributed by atoms with van der Waals surface area (Å²) in [7, 11) is 0. The summed E-state index contributed by atoms with van der Waals surface area (Å²) in [4.78, 5) is 19.1. The van der Waals surface area contributed by atoms with Crippen molar-refractivity contribution < 1.29 is 29.3 Å². The predicted octanol–water partition coefficient (Wildman–Crippen LogP) is 2.36. The molecule has 7 heteroatoms. The largest absolute Gasteiger partial charge is 0.491 e. The highest BCUT2D eigenvalue weighted by Gasteiger charge is 2.14. The third kappa shape index (κ3) is 9.05.